The van der Waals surface area contributed by atoms with E-state index in [0.717, 1.165) is 17.9 Å². The van der Waals surface area contributed by atoms with Crippen LogP contribution in [-0.4, -0.2) is 23.6 Å². The fourth-order valence-corrected chi connectivity index (χ4v) is 2.31. The monoisotopic (exact) mass is 270 g/mol. The van der Waals surface area contributed by atoms with Gasteiger partial charge in [-0.1, -0.05) is 17.7 Å². The third kappa shape index (κ3) is 2.90. The molecule has 4 nitrogen and oxygen atoms in total. The minimum absolute atomic E-state index is 0.671. The van der Waals surface area contributed by atoms with Gasteiger partial charge in [0.1, 0.15) is 5.82 Å². The first kappa shape index (κ1) is 14.3. The van der Waals surface area contributed by atoms with Gasteiger partial charge in [-0.15, -0.1) is 0 Å². The number of rotatable bonds is 4. The largest absolute Gasteiger partial charge is 0.354 e. The Kier molecular flexibility index (Phi) is 4.23. The summed E-state index contributed by atoms with van der Waals surface area (Å²) in [5.41, 5.74) is 4.75. The molecular formula is C16H22N4. The first-order chi connectivity index (χ1) is 9.52. The van der Waals surface area contributed by atoms with E-state index in [1.54, 1.807) is 0 Å². The third-order valence-electron chi connectivity index (χ3n) is 3.31. The molecule has 1 aromatic carbocycles. The van der Waals surface area contributed by atoms with Crippen molar-refractivity contribution < 1.29 is 0 Å². The lowest BCUT2D eigenvalue weighted by Crippen LogP contribution is -2.15. The summed E-state index contributed by atoms with van der Waals surface area (Å²) in [6, 6.07) is 6.45. The average molecular weight is 270 g/mol. The second-order valence-electron chi connectivity index (χ2n) is 5.08. The molecule has 0 saturated heterocycles. The van der Waals surface area contributed by atoms with Crippen LogP contribution < -0.4 is 10.2 Å². The second kappa shape index (κ2) is 5.90. The predicted molar refractivity (Wildman–Crippen MR) is 84.9 cm³/mol. The van der Waals surface area contributed by atoms with Crippen molar-refractivity contribution in [1.29, 1.82) is 0 Å². The quantitative estimate of drug-likeness (QED) is 0.921. The molecule has 1 heterocycles. The highest BCUT2D eigenvalue weighted by atomic mass is 15.2. The van der Waals surface area contributed by atoms with Crippen molar-refractivity contribution in [3.8, 4) is 0 Å². The van der Waals surface area contributed by atoms with Gasteiger partial charge in [-0.3, -0.25) is 0 Å². The van der Waals surface area contributed by atoms with Crippen LogP contribution in [0.15, 0.2) is 24.4 Å². The SMILES string of the molecule is CCNc1ncc(C)c(N(C)c2ccc(C)cc2C)n1. The lowest BCUT2D eigenvalue weighted by molar-refractivity contribution is 1.02. The molecule has 0 saturated carbocycles. The molecule has 0 radical (unpaired) electrons. The van der Waals surface area contributed by atoms with Crippen molar-refractivity contribution in [2.45, 2.75) is 27.7 Å². The van der Waals surface area contributed by atoms with E-state index >= 15 is 0 Å². The number of nitrogens with one attached hydrogen (secondary N) is 1. The Morgan fingerprint density at radius 2 is 1.90 bits per heavy atom. The molecule has 0 unspecified atom stereocenters. The molecule has 0 aliphatic heterocycles. The van der Waals surface area contributed by atoms with Crippen LogP contribution in [0.4, 0.5) is 17.5 Å². The Hall–Kier alpha value is -2.10. The van der Waals surface area contributed by atoms with Crippen LogP contribution in [-0.2, 0) is 0 Å². The molecule has 2 aromatic rings. The van der Waals surface area contributed by atoms with Crippen molar-refractivity contribution >= 4 is 17.5 Å². The molecule has 20 heavy (non-hydrogen) atoms. The zero-order valence-electron chi connectivity index (χ0n) is 12.9. The molecule has 0 fully saturated rings. The average Bonchev–Trinajstić information content (AvgIpc) is 2.40. The van der Waals surface area contributed by atoms with Crippen LogP contribution in [0.1, 0.15) is 23.6 Å². The minimum atomic E-state index is 0.671. The summed E-state index contributed by atoms with van der Waals surface area (Å²) < 4.78 is 0. The summed E-state index contributed by atoms with van der Waals surface area (Å²) in [7, 11) is 2.04. The predicted octanol–water partition coefficient (Wildman–Crippen LogP) is 3.60. The summed E-state index contributed by atoms with van der Waals surface area (Å²) in [5, 5.41) is 3.16. The lowest BCUT2D eigenvalue weighted by atomic mass is 10.1. The maximum absolute atomic E-state index is 4.61. The van der Waals surface area contributed by atoms with E-state index in [1.165, 1.54) is 16.8 Å². The van der Waals surface area contributed by atoms with Gasteiger partial charge in [-0.25, -0.2) is 4.98 Å². The molecule has 4 heteroatoms. The van der Waals surface area contributed by atoms with Gasteiger partial charge in [0.25, 0.3) is 0 Å². The van der Waals surface area contributed by atoms with Crippen molar-refractivity contribution in [2.75, 3.05) is 23.8 Å². The third-order valence-corrected chi connectivity index (χ3v) is 3.31. The molecule has 0 atom stereocenters. The zero-order chi connectivity index (χ0) is 14.7. The van der Waals surface area contributed by atoms with E-state index in [-0.39, 0.29) is 0 Å². The smallest absolute Gasteiger partial charge is 0.224 e. The highest BCUT2D eigenvalue weighted by Crippen LogP contribution is 2.28. The van der Waals surface area contributed by atoms with E-state index in [0.29, 0.717) is 5.95 Å². The molecule has 1 N–H and O–H groups in total. The molecule has 0 amide bonds. The zero-order valence-corrected chi connectivity index (χ0v) is 12.9. The van der Waals surface area contributed by atoms with Gasteiger partial charge in [0.15, 0.2) is 0 Å². The topological polar surface area (TPSA) is 41.1 Å². The van der Waals surface area contributed by atoms with Gasteiger partial charge in [-0.05, 0) is 39.3 Å². The van der Waals surface area contributed by atoms with Crippen LogP contribution in [0.3, 0.4) is 0 Å². The van der Waals surface area contributed by atoms with Crippen LogP contribution in [0.2, 0.25) is 0 Å². The number of anilines is 3. The van der Waals surface area contributed by atoms with Gasteiger partial charge >= 0.3 is 0 Å². The molecule has 0 bridgehead atoms. The van der Waals surface area contributed by atoms with Crippen molar-refractivity contribution in [2.24, 2.45) is 0 Å². The Labute approximate surface area is 120 Å². The van der Waals surface area contributed by atoms with E-state index in [2.05, 4.69) is 52.2 Å². The van der Waals surface area contributed by atoms with E-state index in [1.807, 2.05) is 27.1 Å². The van der Waals surface area contributed by atoms with Crippen molar-refractivity contribution in [1.82, 2.24) is 9.97 Å². The Morgan fingerprint density at radius 1 is 1.15 bits per heavy atom. The summed E-state index contributed by atoms with van der Waals surface area (Å²) in [6.45, 7) is 9.12. The Balaban J connectivity index is 2.41. The minimum Gasteiger partial charge on any atom is -0.354 e. The van der Waals surface area contributed by atoms with Gasteiger partial charge in [-0.2, -0.15) is 4.98 Å². The molecule has 0 aliphatic rings. The second-order valence-corrected chi connectivity index (χ2v) is 5.08. The number of aryl methyl sites for hydroxylation is 3. The van der Waals surface area contributed by atoms with Crippen molar-refractivity contribution in [3.63, 3.8) is 0 Å². The lowest BCUT2D eigenvalue weighted by Gasteiger charge is -2.23. The highest BCUT2D eigenvalue weighted by molar-refractivity contribution is 5.66. The normalized spacial score (nSPS) is 10.4. The maximum Gasteiger partial charge on any atom is 0.224 e. The molecule has 2 rings (SSSR count). The Bertz CT molecular complexity index is 607. The molecule has 0 aliphatic carbocycles. The summed E-state index contributed by atoms with van der Waals surface area (Å²) in [6.07, 6.45) is 1.86. The van der Waals surface area contributed by atoms with E-state index in [4.69, 9.17) is 0 Å². The Morgan fingerprint density at radius 3 is 2.55 bits per heavy atom. The van der Waals surface area contributed by atoms with Crippen LogP contribution in [0.5, 0.6) is 0 Å². The molecule has 106 valence electrons. The summed E-state index contributed by atoms with van der Waals surface area (Å²) in [4.78, 5) is 11.0. The highest BCUT2D eigenvalue weighted by Gasteiger charge is 2.12. The first-order valence-electron chi connectivity index (χ1n) is 6.91. The van der Waals surface area contributed by atoms with Gasteiger partial charge in [0.05, 0.1) is 0 Å². The fraction of sp³-hybridized carbons (Fsp3) is 0.375. The maximum atomic E-state index is 4.61. The summed E-state index contributed by atoms with van der Waals surface area (Å²) in [5.74, 6) is 1.60. The van der Waals surface area contributed by atoms with Gasteiger partial charge in [0.2, 0.25) is 5.95 Å². The van der Waals surface area contributed by atoms with E-state index in [9.17, 15) is 0 Å². The molecular weight excluding hydrogens is 248 g/mol. The first-order valence-corrected chi connectivity index (χ1v) is 6.91. The van der Waals surface area contributed by atoms with Gasteiger partial charge < -0.3 is 10.2 Å². The molecule has 0 spiro atoms. The fourth-order valence-electron chi connectivity index (χ4n) is 2.31. The standard InChI is InChI=1S/C16H22N4/c1-6-17-16-18-10-13(4)15(19-16)20(5)14-8-7-11(2)9-12(14)3/h7-10H,6H2,1-5H3,(H,17,18,19). The number of hydrogen-bond donors (Lipinski definition) is 1. The number of hydrogen-bond acceptors (Lipinski definition) is 4. The van der Waals surface area contributed by atoms with Crippen LogP contribution >= 0.6 is 0 Å². The number of aromatic nitrogens is 2. The summed E-state index contributed by atoms with van der Waals surface area (Å²) >= 11 is 0. The molecule has 1 aromatic heterocycles. The van der Waals surface area contributed by atoms with Crippen molar-refractivity contribution in [3.05, 3.63) is 41.1 Å². The van der Waals surface area contributed by atoms with Crippen LogP contribution in [0.25, 0.3) is 0 Å². The van der Waals surface area contributed by atoms with E-state index < -0.39 is 0 Å². The number of nitrogens with zero attached hydrogens (tertiary/aromatic N) is 3. The van der Waals surface area contributed by atoms with Gasteiger partial charge in [0, 0.05) is 31.0 Å². The number of benzene rings is 1. The van der Waals surface area contributed by atoms with Crippen LogP contribution in [0, 0.1) is 20.8 Å².